The highest BCUT2D eigenvalue weighted by Crippen LogP contribution is 2.19. The van der Waals surface area contributed by atoms with Gasteiger partial charge in [0.25, 0.3) is 0 Å². The van der Waals surface area contributed by atoms with Crippen molar-refractivity contribution in [1.29, 1.82) is 0 Å². The van der Waals surface area contributed by atoms with Gasteiger partial charge in [0, 0.05) is 6.20 Å². The predicted octanol–water partition coefficient (Wildman–Crippen LogP) is 0.876. The summed E-state index contributed by atoms with van der Waals surface area (Å²) in [4.78, 5) is 28.3. The van der Waals surface area contributed by atoms with E-state index in [9.17, 15) is 9.59 Å². The summed E-state index contributed by atoms with van der Waals surface area (Å²) in [7, 11) is 0. The van der Waals surface area contributed by atoms with Gasteiger partial charge in [0.15, 0.2) is 0 Å². The van der Waals surface area contributed by atoms with E-state index < -0.39 is 17.7 Å². The summed E-state index contributed by atoms with van der Waals surface area (Å²) in [5, 5.41) is 0. The van der Waals surface area contributed by atoms with Gasteiger partial charge in [-0.25, -0.2) is 14.6 Å². The van der Waals surface area contributed by atoms with Gasteiger partial charge < -0.3 is 14.5 Å². The number of aromatic nitrogens is 2. The number of nitrogens with one attached hydrogen (secondary N) is 1. The second-order valence-corrected chi connectivity index (χ2v) is 4.11. The number of carbonyl (C=O) groups is 1. The van der Waals surface area contributed by atoms with Crippen LogP contribution in [-0.2, 0) is 19.1 Å². The van der Waals surface area contributed by atoms with Crippen molar-refractivity contribution in [3.63, 3.8) is 0 Å². The van der Waals surface area contributed by atoms with Crippen LogP contribution in [-0.4, -0.2) is 28.0 Å². The molecule has 0 fully saturated rings. The minimum atomic E-state index is -1.18. The van der Waals surface area contributed by atoms with Gasteiger partial charge in [-0.15, -0.1) is 0 Å². The van der Waals surface area contributed by atoms with Crippen molar-refractivity contribution in [3.8, 4) is 0 Å². The van der Waals surface area contributed by atoms with E-state index in [1.54, 1.807) is 20.8 Å². The van der Waals surface area contributed by atoms with Gasteiger partial charge in [0.2, 0.25) is 6.10 Å². The molecule has 0 aliphatic heterocycles. The molecule has 0 aromatic carbocycles. The second-order valence-electron chi connectivity index (χ2n) is 4.11. The first-order valence-corrected chi connectivity index (χ1v) is 4.68. The smallest absolute Gasteiger partial charge is 0.418 e. The third-order valence-electron chi connectivity index (χ3n) is 1.57. The predicted molar refractivity (Wildman–Crippen MR) is 54.0 cm³/mol. The van der Waals surface area contributed by atoms with Gasteiger partial charge in [0.1, 0.15) is 11.3 Å². The van der Waals surface area contributed by atoms with Crippen molar-refractivity contribution in [3.05, 3.63) is 18.2 Å². The molecule has 87 valence electrons. The highest BCUT2D eigenvalue weighted by molar-refractivity contribution is 5.77. The van der Waals surface area contributed by atoms with Crippen LogP contribution >= 0.6 is 0 Å². The van der Waals surface area contributed by atoms with Crippen LogP contribution in [0.15, 0.2) is 12.5 Å². The molecule has 0 saturated carbocycles. The van der Waals surface area contributed by atoms with Crippen LogP contribution in [0.1, 0.15) is 32.6 Å². The molecule has 6 nitrogen and oxygen atoms in total. The molecule has 0 saturated heterocycles. The van der Waals surface area contributed by atoms with Gasteiger partial charge in [-0.1, -0.05) is 0 Å². The Morgan fingerprint density at radius 2 is 2.25 bits per heavy atom. The molecule has 1 aromatic rings. The fraction of sp³-hybridized carbons (Fsp3) is 0.500. The largest absolute Gasteiger partial charge is 0.457 e. The third kappa shape index (κ3) is 3.38. The lowest BCUT2D eigenvalue weighted by atomic mass is 10.2. The Morgan fingerprint density at radius 3 is 2.69 bits per heavy atom. The fourth-order valence-corrected chi connectivity index (χ4v) is 1.05. The fourth-order valence-electron chi connectivity index (χ4n) is 1.05. The number of carbonyl (C=O) groups excluding carboxylic acids is 2. The molecule has 0 aliphatic rings. The van der Waals surface area contributed by atoms with E-state index in [-0.39, 0.29) is 5.69 Å². The molecule has 1 atom stereocenters. The van der Waals surface area contributed by atoms with Gasteiger partial charge in [-0.3, -0.25) is 0 Å². The molecule has 0 amide bonds. The van der Waals surface area contributed by atoms with E-state index in [0.717, 1.165) is 0 Å². The van der Waals surface area contributed by atoms with Crippen LogP contribution in [0, 0.1) is 0 Å². The number of hydrogen-bond acceptors (Lipinski definition) is 5. The van der Waals surface area contributed by atoms with E-state index in [1.165, 1.54) is 19.0 Å². The molecule has 1 radical (unpaired) electrons. The molecule has 6 heteroatoms. The Hall–Kier alpha value is -1.85. The maximum Gasteiger partial charge on any atom is 0.418 e. The maximum atomic E-state index is 11.7. The van der Waals surface area contributed by atoms with Gasteiger partial charge in [-0.2, -0.15) is 0 Å². The molecule has 0 spiro atoms. The zero-order valence-electron chi connectivity index (χ0n) is 9.31. The monoisotopic (exact) mass is 225 g/mol. The van der Waals surface area contributed by atoms with E-state index >= 15 is 0 Å². The summed E-state index contributed by atoms with van der Waals surface area (Å²) < 4.78 is 9.61. The normalized spacial score (nSPS) is 12.9. The van der Waals surface area contributed by atoms with Crippen LogP contribution in [0.3, 0.4) is 0 Å². The number of aromatic amines is 1. The number of esters is 1. The molecule has 0 aliphatic carbocycles. The average Bonchev–Trinajstić information content (AvgIpc) is 2.63. The number of imidazole rings is 1. The molecule has 1 rings (SSSR count). The summed E-state index contributed by atoms with van der Waals surface area (Å²) >= 11 is 0. The summed E-state index contributed by atoms with van der Waals surface area (Å²) in [6.45, 7) is 6.38. The first kappa shape index (κ1) is 12.2. The highest BCUT2D eigenvalue weighted by Gasteiger charge is 2.29. The lowest BCUT2D eigenvalue weighted by Crippen LogP contribution is -2.29. The molecule has 1 unspecified atom stereocenters. The van der Waals surface area contributed by atoms with Crippen LogP contribution in [0.2, 0.25) is 0 Å². The average molecular weight is 225 g/mol. The maximum absolute atomic E-state index is 11.7. The molecule has 1 heterocycles. The van der Waals surface area contributed by atoms with E-state index in [1.807, 2.05) is 0 Å². The summed E-state index contributed by atoms with van der Waals surface area (Å²) in [6.07, 6.45) is 1.65. The number of ether oxygens (including phenoxy) is 2. The second kappa shape index (κ2) is 4.78. The topological polar surface area (TPSA) is 81.3 Å². The van der Waals surface area contributed by atoms with Gasteiger partial charge >= 0.3 is 12.4 Å². The molecular formula is C10H13N2O4. The van der Waals surface area contributed by atoms with Crippen molar-refractivity contribution in [2.75, 3.05) is 0 Å². The number of H-pyrrole nitrogens is 1. The van der Waals surface area contributed by atoms with Crippen molar-refractivity contribution < 1.29 is 19.1 Å². The van der Waals surface area contributed by atoms with Crippen molar-refractivity contribution in [2.24, 2.45) is 0 Å². The van der Waals surface area contributed by atoms with Crippen molar-refractivity contribution in [1.82, 2.24) is 9.97 Å². The number of nitrogens with zero attached hydrogens (tertiary/aromatic N) is 1. The van der Waals surface area contributed by atoms with Crippen molar-refractivity contribution >= 4 is 12.4 Å². The SMILES string of the molecule is CC(C)(C)OC(=O)C(O[C]=O)c1c[nH]cn1. The Kier molecular flexibility index (Phi) is 3.65. The Bertz CT molecular complexity index is 353. The first-order valence-electron chi connectivity index (χ1n) is 4.68. The zero-order valence-corrected chi connectivity index (χ0v) is 9.31. The minimum absolute atomic E-state index is 0.276. The van der Waals surface area contributed by atoms with E-state index in [0.29, 0.717) is 0 Å². The van der Waals surface area contributed by atoms with Crippen LogP contribution in [0.25, 0.3) is 0 Å². The summed E-state index contributed by atoms with van der Waals surface area (Å²) in [6, 6.07) is 0. The molecular weight excluding hydrogens is 212 g/mol. The Balaban J connectivity index is 2.78. The molecule has 1 N–H and O–H groups in total. The third-order valence-corrected chi connectivity index (χ3v) is 1.57. The minimum Gasteiger partial charge on any atom is -0.457 e. The van der Waals surface area contributed by atoms with Crippen LogP contribution in [0.4, 0.5) is 0 Å². The molecule has 16 heavy (non-hydrogen) atoms. The van der Waals surface area contributed by atoms with Crippen molar-refractivity contribution in [2.45, 2.75) is 32.5 Å². The number of rotatable bonds is 4. The summed E-state index contributed by atoms with van der Waals surface area (Å²) in [5.74, 6) is -0.678. The van der Waals surface area contributed by atoms with Crippen LogP contribution in [0.5, 0.6) is 0 Å². The summed E-state index contributed by atoms with van der Waals surface area (Å²) in [5.41, 5.74) is -0.379. The van der Waals surface area contributed by atoms with E-state index in [4.69, 9.17) is 4.74 Å². The Labute approximate surface area is 93.0 Å². The zero-order chi connectivity index (χ0) is 12.2. The molecule has 0 bridgehead atoms. The Morgan fingerprint density at radius 1 is 1.56 bits per heavy atom. The lowest BCUT2D eigenvalue weighted by Gasteiger charge is -2.22. The molecule has 1 aromatic heterocycles. The standard InChI is InChI=1S/C10H13N2O4/c1-10(2,3)16-9(14)8(15-6-13)7-4-11-5-12-7/h4-5,8H,1-3H3,(H,11,12). The van der Waals surface area contributed by atoms with Crippen LogP contribution < -0.4 is 0 Å². The quantitative estimate of drug-likeness (QED) is 0.769. The van der Waals surface area contributed by atoms with E-state index in [2.05, 4.69) is 14.7 Å². The first-order chi connectivity index (χ1) is 7.44. The van der Waals surface area contributed by atoms with Gasteiger partial charge in [0.05, 0.1) is 6.33 Å². The highest BCUT2D eigenvalue weighted by atomic mass is 16.6. The number of hydrogen-bond donors (Lipinski definition) is 1. The lowest BCUT2D eigenvalue weighted by molar-refractivity contribution is -0.164. The van der Waals surface area contributed by atoms with Gasteiger partial charge in [-0.05, 0) is 20.8 Å².